The highest BCUT2D eigenvalue weighted by Crippen LogP contribution is 2.51. The first-order valence-electron chi connectivity index (χ1n) is 32.0. The van der Waals surface area contributed by atoms with Gasteiger partial charge in [0.1, 0.15) is 11.5 Å². The molecule has 16 nitrogen and oxygen atoms in total. The molecule has 0 saturated heterocycles. The summed E-state index contributed by atoms with van der Waals surface area (Å²) >= 11 is 12.8. The summed E-state index contributed by atoms with van der Waals surface area (Å²) in [6, 6.07) is 22.6. The van der Waals surface area contributed by atoms with E-state index in [1.54, 1.807) is 62.6 Å². The Bertz CT molecular complexity index is 3920. The van der Waals surface area contributed by atoms with Crippen LogP contribution in [0.5, 0.6) is 11.5 Å². The largest absolute Gasteiger partial charge is 0.490 e. The van der Waals surface area contributed by atoms with Crippen molar-refractivity contribution < 1.29 is 54.5 Å². The van der Waals surface area contributed by atoms with Crippen molar-refractivity contribution in [3.8, 4) is 11.5 Å². The van der Waals surface area contributed by atoms with E-state index in [9.17, 15) is 45.1 Å². The highest BCUT2D eigenvalue weighted by Gasteiger charge is 2.51. The minimum absolute atomic E-state index is 0.00740. The molecule has 2 amide bonds. The summed E-state index contributed by atoms with van der Waals surface area (Å²) < 4.78 is 96.3. The number of sulfone groups is 1. The van der Waals surface area contributed by atoms with Crippen LogP contribution in [0.1, 0.15) is 135 Å². The number of fused-ring (bicyclic) bond motifs is 8. The van der Waals surface area contributed by atoms with Gasteiger partial charge in [0.15, 0.2) is 9.84 Å². The summed E-state index contributed by atoms with van der Waals surface area (Å²) in [5.74, 6) is 3.07. The fourth-order valence-corrected chi connectivity index (χ4v) is 21.2. The van der Waals surface area contributed by atoms with Crippen LogP contribution in [0.4, 0.5) is 11.4 Å². The highest BCUT2D eigenvalue weighted by atomic mass is 35.5. The molecule has 4 N–H and O–H groups in total. The van der Waals surface area contributed by atoms with E-state index in [0.29, 0.717) is 85.8 Å². The van der Waals surface area contributed by atoms with Crippen molar-refractivity contribution in [2.24, 2.45) is 35.5 Å². The Morgan fingerprint density at radius 2 is 1.13 bits per heavy atom. The quantitative estimate of drug-likeness (QED) is 0.110. The van der Waals surface area contributed by atoms with Gasteiger partial charge in [-0.25, -0.2) is 25.8 Å². The molecule has 4 aliphatic heterocycles. The van der Waals surface area contributed by atoms with E-state index >= 15 is 0 Å². The van der Waals surface area contributed by atoms with E-state index in [-0.39, 0.29) is 63.4 Å². The number of anilines is 2. The molecule has 22 heteroatoms. The third-order valence-electron chi connectivity index (χ3n) is 21.6. The van der Waals surface area contributed by atoms with Gasteiger partial charge in [-0.15, -0.1) is 0 Å². The van der Waals surface area contributed by atoms with Crippen LogP contribution in [0.25, 0.3) is 0 Å². The lowest BCUT2D eigenvalue weighted by atomic mass is 9.64. The molecule has 91 heavy (non-hydrogen) atoms. The average molecular weight is 1360 g/mol. The normalized spacial score (nSPS) is 34.9. The van der Waals surface area contributed by atoms with Crippen LogP contribution in [0.15, 0.2) is 97.1 Å². The Morgan fingerprint density at radius 1 is 0.670 bits per heavy atom. The second kappa shape index (κ2) is 26.0. The van der Waals surface area contributed by atoms with Crippen molar-refractivity contribution in [1.29, 1.82) is 0 Å². The number of nitrogens with one attached hydrogen (secondary N) is 2. The molecule has 2 fully saturated rings. The van der Waals surface area contributed by atoms with Crippen LogP contribution in [-0.4, -0.2) is 138 Å². The Labute approximate surface area is 550 Å². The van der Waals surface area contributed by atoms with E-state index < -0.39 is 73.9 Å². The summed E-state index contributed by atoms with van der Waals surface area (Å²) in [5, 5.41) is 24.2. The van der Waals surface area contributed by atoms with Crippen molar-refractivity contribution >= 4 is 92.6 Å². The van der Waals surface area contributed by atoms with Gasteiger partial charge in [0.2, 0.25) is 10.0 Å². The Hall–Kier alpha value is -4.93. The second-order valence-corrected chi connectivity index (χ2v) is 36.9. The first-order valence-corrected chi connectivity index (χ1v) is 39.9. The standard InChI is InChI=1S/C35H45ClN2O6S2.C34H43ClN2O6S2/c1-23-7-5-16-35(40,22-45(3,41)42)30-12-9-27(30)19-38-20-34(15-6-8-25-17-28(36)11-13-29(25)34)21-44-32-14-10-26(18-31(32)38)33(39)37-46(4,43)24(23)2;1-22-6-4-15-34(39,21-44(3)40)29-11-8-26(29)18-37-19-33(14-5-7-24-16-27(35)10-12-28(24)33)20-43-31-13-9-25(17-30(31)37)32(38)36-45(41,42)23(22)2/h5,10-11,13-14,16-18,23-24,27,30,40H,4,6-9,12,15,19-22H2,1-3H3,(H,37,39,43);4,9-10,12-13,15-17,22-23,26,29,39H,5-8,11,14,18-21H2,1-3H3,(H,36,38)/b16-5+;15-4+/t23-,24+,27-,30+,34-,35-,46?;22-,23+,26-,29+,33-,34+,44+/m00/s1. The number of sulfonamides is 1. The van der Waals surface area contributed by atoms with E-state index in [1.165, 1.54) is 22.3 Å². The topological polar surface area (TPSA) is 226 Å². The van der Waals surface area contributed by atoms with Crippen molar-refractivity contribution in [1.82, 2.24) is 9.44 Å². The monoisotopic (exact) mass is 1360 g/mol. The third-order valence-corrected chi connectivity index (χ3v) is 28.0. The van der Waals surface area contributed by atoms with Crippen LogP contribution < -0.4 is 28.7 Å². The lowest BCUT2D eigenvalue weighted by Crippen LogP contribution is -2.54. The van der Waals surface area contributed by atoms with Gasteiger partial charge >= 0.3 is 0 Å². The number of nitrogens with zero attached hydrogens (tertiary/aromatic N) is 2. The number of hydrogen-bond acceptors (Lipinski definition) is 14. The number of carbonyl (C=O) groups is 2. The first-order chi connectivity index (χ1) is 42.9. The van der Waals surface area contributed by atoms with Crippen molar-refractivity contribution in [2.45, 2.75) is 137 Å². The number of aryl methyl sites for hydroxylation is 2. The fraction of sp³-hybridized carbons (Fsp3) is 0.551. The number of rotatable bonds is 4. The minimum Gasteiger partial charge on any atom is -0.490 e. The van der Waals surface area contributed by atoms with Crippen molar-refractivity contribution in [2.75, 3.05) is 73.2 Å². The molecular formula is C69H88Cl2N4O12S4. The molecule has 4 aliphatic carbocycles. The zero-order chi connectivity index (χ0) is 65.2. The maximum absolute atomic E-state index is 13.7. The summed E-state index contributed by atoms with van der Waals surface area (Å²) in [5.41, 5.74) is 3.46. The van der Waals surface area contributed by atoms with Crippen LogP contribution in [0, 0.1) is 35.5 Å². The second-order valence-electron chi connectivity index (χ2n) is 28.0. The van der Waals surface area contributed by atoms with E-state index in [0.717, 1.165) is 75.4 Å². The summed E-state index contributed by atoms with van der Waals surface area (Å²) in [4.78, 5) is 31.5. The molecule has 2 spiro atoms. The van der Waals surface area contributed by atoms with Crippen LogP contribution >= 0.6 is 23.2 Å². The predicted octanol–water partition coefficient (Wildman–Crippen LogP) is 9.95. The van der Waals surface area contributed by atoms with Gasteiger partial charge in [-0.2, -0.15) is 0 Å². The number of benzene rings is 4. The van der Waals surface area contributed by atoms with Crippen LogP contribution in [0.3, 0.4) is 0 Å². The first kappa shape index (κ1) is 67.5. The number of halogens is 2. The van der Waals surface area contributed by atoms with Crippen LogP contribution in [-0.2, 0) is 64.0 Å². The zero-order valence-electron chi connectivity index (χ0n) is 53.0. The third kappa shape index (κ3) is 14.1. The molecule has 12 rings (SSSR count). The lowest BCUT2D eigenvalue weighted by molar-refractivity contribution is -0.0290. The number of aliphatic hydroxyl groups is 2. The number of ether oxygens (including phenoxy) is 2. The molecular weight excluding hydrogens is 1280 g/mol. The Balaban J connectivity index is 0.000000187. The molecule has 2 saturated carbocycles. The van der Waals surface area contributed by atoms with Gasteiger partial charge < -0.3 is 29.5 Å². The van der Waals surface area contributed by atoms with Gasteiger partial charge in [0.05, 0.1) is 62.3 Å². The molecule has 4 bridgehead atoms. The average Bonchev–Trinajstić information content (AvgIpc) is 1.74. The molecule has 494 valence electrons. The summed E-state index contributed by atoms with van der Waals surface area (Å²) in [6.07, 6.45) is 19.6. The minimum atomic E-state index is -3.99. The lowest BCUT2D eigenvalue weighted by Gasteiger charge is -2.49. The van der Waals surface area contributed by atoms with E-state index in [4.69, 9.17) is 32.7 Å². The van der Waals surface area contributed by atoms with Gasteiger partial charge in [-0.05, 0) is 215 Å². The Morgan fingerprint density at radius 3 is 1.59 bits per heavy atom. The molecule has 0 radical (unpaired) electrons. The SMILES string of the molecule is C=S1(=O)NC(=O)c2ccc3c(c2)N(C[C@@H]2CC[C@H]2[C@@](O)(CS(C)(=O)=O)/C=C/C[C@H](C)[C@H]1C)C[C@@]1(CCCc2cc(Cl)ccc21)CO3.C[C@@H]1[C@@H](C)C/C=C/[C@@](O)(C[S@@](C)=O)[C@@H]2CC[C@H]2CN2C[C@@]3(CCCc4cc(Cl)ccc43)COc3ccc(cc32)C(=O)NS1(=O)=O. The van der Waals surface area contributed by atoms with Crippen molar-refractivity contribution in [3.63, 3.8) is 0 Å². The molecule has 1 unspecified atom stereocenters. The van der Waals surface area contributed by atoms with Gasteiger partial charge in [-0.3, -0.25) is 18.5 Å². The molecule has 0 aromatic heterocycles. The number of allylic oxidation sites excluding steroid dienone is 2. The fourth-order valence-electron chi connectivity index (χ4n) is 15.9. The van der Waals surface area contributed by atoms with Gasteiger partial charge in [0.25, 0.3) is 11.8 Å². The number of amides is 2. The molecule has 4 aromatic carbocycles. The maximum atomic E-state index is 13.7. The van der Waals surface area contributed by atoms with E-state index in [1.807, 2.05) is 56.3 Å². The van der Waals surface area contributed by atoms with E-state index in [2.05, 4.69) is 37.2 Å². The number of hydrogen-bond donors (Lipinski definition) is 4. The Kier molecular flexibility index (Phi) is 19.3. The smallest absolute Gasteiger partial charge is 0.264 e. The molecule has 8 aliphatic rings. The molecule has 4 aromatic rings. The van der Waals surface area contributed by atoms with Gasteiger partial charge in [-0.1, -0.05) is 73.5 Å². The zero-order valence-corrected chi connectivity index (χ0v) is 57.7. The van der Waals surface area contributed by atoms with Gasteiger partial charge in [0, 0.05) is 86.7 Å². The predicted molar refractivity (Wildman–Crippen MR) is 365 cm³/mol. The molecule has 14 atom stereocenters. The maximum Gasteiger partial charge on any atom is 0.264 e. The summed E-state index contributed by atoms with van der Waals surface area (Å²) in [7, 11) is -11.8. The highest BCUT2D eigenvalue weighted by molar-refractivity contribution is 7.99. The molecule has 4 heterocycles. The van der Waals surface area contributed by atoms with Crippen molar-refractivity contribution in [3.05, 3.63) is 141 Å². The van der Waals surface area contributed by atoms with Crippen LogP contribution in [0.2, 0.25) is 10.0 Å². The number of carbonyl (C=O) groups excluding carboxylic acids is 2. The summed E-state index contributed by atoms with van der Waals surface area (Å²) in [6.45, 7) is 10.4.